The highest BCUT2D eigenvalue weighted by molar-refractivity contribution is 6.36. The zero-order chi connectivity index (χ0) is 18.3. The number of aromatic hydroxyl groups is 1. The Kier molecular flexibility index (Phi) is 7.62. The highest BCUT2D eigenvalue weighted by atomic mass is 35.5. The Bertz CT molecular complexity index is 716. The fourth-order valence-corrected chi connectivity index (χ4v) is 2.74. The number of allylic oxidation sites excluding steroid dienone is 7. The number of carbonyl (C=O) groups excluding carboxylic acids is 1. The smallest absolute Gasteiger partial charge is 0.124 e. The van der Waals surface area contributed by atoms with E-state index < -0.39 is 0 Å². The van der Waals surface area contributed by atoms with Crippen molar-refractivity contribution < 1.29 is 15.0 Å². The summed E-state index contributed by atoms with van der Waals surface area (Å²) in [7, 11) is 1.79. The average Bonchev–Trinajstić information content (AvgIpc) is 2.73. The number of phenols is 1. The van der Waals surface area contributed by atoms with E-state index in [4.69, 9.17) is 28.0 Å². The zero-order valence-electron chi connectivity index (χ0n) is 13.4. The normalized spacial score (nSPS) is 15.3. The maximum atomic E-state index is 10.6. The Morgan fingerprint density at radius 3 is 2.29 bits per heavy atom. The molecule has 1 aromatic rings. The second-order valence-corrected chi connectivity index (χ2v) is 5.82. The van der Waals surface area contributed by atoms with Crippen LogP contribution in [-0.4, -0.2) is 24.0 Å². The Morgan fingerprint density at radius 2 is 1.75 bits per heavy atom. The summed E-state index contributed by atoms with van der Waals surface area (Å²) >= 11 is 12.4. The lowest BCUT2D eigenvalue weighted by Gasteiger charge is -2.13. The van der Waals surface area contributed by atoms with Gasteiger partial charge < -0.3 is 20.3 Å². The van der Waals surface area contributed by atoms with E-state index in [2.05, 4.69) is 5.32 Å². The number of carbonyl (C=O) groups is 1. The summed E-state index contributed by atoms with van der Waals surface area (Å²) in [5.41, 5.74) is 2.94. The van der Waals surface area contributed by atoms with Crippen LogP contribution in [0.15, 0.2) is 63.5 Å². The molecule has 0 saturated carbocycles. The molecule has 0 atom stereocenters. The SMILES string of the molecule is C=O.CNC1=CC(Cl)=CC(Cl)=C(/C(O)=C(\C)c2ccc(O)cc2)C1. The number of benzene rings is 1. The number of aliphatic hydroxyl groups excluding tert-OH is 1. The Balaban J connectivity index is 0.00000139. The molecule has 4 nitrogen and oxygen atoms in total. The third-order valence-corrected chi connectivity index (χ3v) is 4.05. The first-order valence-corrected chi connectivity index (χ1v) is 7.80. The molecule has 0 unspecified atom stereocenters. The molecule has 0 fully saturated rings. The largest absolute Gasteiger partial charge is 0.508 e. The van der Waals surface area contributed by atoms with Crippen molar-refractivity contribution in [3.63, 3.8) is 0 Å². The molecule has 1 aliphatic rings. The molecule has 128 valence electrons. The topological polar surface area (TPSA) is 69.6 Å². The number of hydrogen-bond acceptors (Lipinski definition) is 4. The standard InChI is InChI=1S/C17H17Cl2NO2.CH2O/c1-10(11-3-5-14(21)6-4-11)17(22)15-9-13(20-2)7-12(18)8-16(15)19;1-2/h3-8,20-22H,9H2,1-2H3;1H2/b17-10-;. The van der Waals surface area contributed by atoms with Crippen molar-refractivity contribution >= 4 is 35.6 Å². The van der Waals surface area contributed by atoms with Crippen LogP contribution in [0.5, 0.6) is 5.75 Å². The lowest BCUT2D eigenvalue weighted by molar-refractivity contribution is -0.0979. The van der Waals surface area contributed by atoms with Crippen LogP contribution in [0.25, 0.3) is 5.57 Å². The predicted molar refractivity (Wildman–Crippen MR) is 99.0 cm³/mol. The summed E-state index contributed by atoms with van der Waals surface area (Å²) in [6.45, 7) is 3.80. The summed E-state index contributed by atoms with van der Waals surface area (Å²) in [5, 5.41) is 23.9. The third-order valence-electron chi connectivity index (χ3n) is 3.49. The molecule has 3 N–H and O–H groups in total. The number of nitrogens with one attached hydrogen (secondary N) is 1. The molecular weight excluding hydrogens is 349 g/mol. The lowest BCUT2D eigenvalue weighted by Crippen LogP contribution is -2.08. The fourth-order valence-electron chi connectivity index (χ4n) is 2.17. The van der Waals surface area contributed by atoms with Gasteiger partial charge in [-0.05, 0) is 42.3 Å². The minimum Gasteiger partial charge on any atom is -0.508 e. The molecule has 0 radical (unpaired) electrons. The lowest BCUT2D eigenvalue weighted by atomic mass is 9.99. The van der Waals surface area contributed by atoms with E-state index in [0.717, 1.165) is 11.3 Å². The quantitative estimate of drug-likeness (QED) is 0.681. The van der Waals surface area contributed by atoms with Crippen molar-refractivity contribution in [3.8, 4) is 5.75 Å². The first-order valence-electron chi connectivity index (χ1n) is 7.05. The third kappa shape index (κ3) is 4.91. The number of hydrogen-bond donors (Lipinski definition) is 3. The number of halogens is 2. The van der Waals surface area contributed by atoms with E-state index in [1.165, 1.54) is 0 Å². The van der Waals surface area contributed by atoms with Gasteiger partial charge in [-0.15, -0.1) is 0 Å². The number of rotatable bonds is 3. The fraction of sp³-hybridized carbons (Fsp3) is 0.167. The van der Waals surface area contributed by atoms with Crippen LogP contribution in [-0.2, 0) is 4.79 Å². The van der Waals surface area contributed by atoms with E-state index >= 15 is 0 Å². The molecule has 24 heavy (non-hydrogen) atoms. The van der Waals surface area contributed by atoms with Gasteiger partial charge in [0.1, 0.15) is 18.3 Å². The monoisotopic (exact) mass is 367 g/mol. The van der Waals surface area contributed by atoms with E-state index in [1.54, 1.807) is 50.4 Å². The number of aliphatic hydroxyl groups is 1. The maximum Gasteiger partial charge on any atom is 0.124 e. The van der Waals surface area contributed by atoms with Crippen molar-refractivity contribution in [1.82, 2.24) is 5.32 Å². The summed E-state index contributed by atoms with van der Waals surface area (Å²) in [6.07, 6.45) is 3.84. The van der Waals surface area contributed by atoms with Gasteiger partial charge in [-0.1, -0.05) is 35.3 Å². The van der Waals surface area contributed by atoms with Crippen LogP contribution < -0.4 is 5.32 Å². The molecule has 2 rings (SSSR count). The molecule has 0 saturated heterocycles. The summed E-state index contributed by atoms with van der Waals surface area (Å²) in [5.74, 6) is 0.289. The van der Waals surface area contributed by atoms with Gasteiger partial charge in [-0.2, -0.15) is 0 Å². The van der Waals surface area contributed by atoms with Crippen LogP contribution in [0.2, 0.25) is 0 Å². The van der Waals surface area contributed by atoms with E-state index in [-0.39, 0.29) is 11.5 Å². The second-order valence-electron chi connectivity index (χ2n) is 4.97. The highest BCUT2D eigenvalue weighted by Crippen LogP contribution is 2.33. The van der Waals surface area contributed by atoms with Crippen LogP contribution in [0.3, 0.4) is 0 Å². The van der Waals surface area contributed by atoms with Crippen LogP contribution in [0.4, 0.5) is 0 Å². The van der Waals surface area contributed by atoms with Gasteiger partial charge >= 0.3 is 0 Å². The van der Waals surface area contributed by atoms with Crippen molar-refractivity contribution in [2.45, 2.75) is 13.3 Å². The summed E-state index contributed by atoms with van der Waals surface area (Å²) in [6, 6.07) is 6.63. The van der Waals surface area contributed by atoms with Crippen molar-refractivity contribution in [1.29, 1.82) is 0 Å². The molecule has 0 heterocycles. The van der Waals surface area contributed by atoms with E-state index in [0.29, 0.717) is 27.6 Å². The van der Waals surface area contributed by atoms with Gasteiger partial charge in [0, 0.05) is 34.8 Å². The molecule has 0 aliphatic heterocycles. The zero-order valence-corrected chi connectivity index (χ0v) is 14.9. The van der Waals surface area contributed by atoms with E-state index in [1.807, 2.05) is 6.79 Å². The van der Waals surface area contributed by atoms with Crippen molar-refractivity contribution in [2.24, 2.45) is 0 Å². The average molecular weight is 368 g/mol. The van der Waals surface area contributed by atoms with Crippen molar-refractivity contribution in [3.05, 3.63) is 69.1 Å². The Labute approximate surface area is 151 Å². The minimum atomic E-state index is 0.111. The van der Waals surface area contributed by atoms with Gasteiger partial charge in [0.25, 0.3) is 0 Å². The first kappa shape index (κ1) is 19.9. The van der Waals surface area contributed by atoms with Gasteiger partial charge in [0.15, 0.2) is 0 Å². The van der Waals surface area contributed by atoms with Gasteiger partial charge in [0.05, 0.1) is 0 Å². The summed E-state index contributed by atoms with van der Waals surface area (Å²) in [4.78, 5) is 8.00. The van der Waals surface area contributed by atoms with Crippen LogP contribution >= 0.6 is 23.2 Å². The Morgan fingerprint density at radius 1 is 1.17 bits per heavy atom. The van der Waals surface area contributed by atoms with Crippen LogP contribution in [0, 0.1) is 0 Å². The molecule has 0 amide bonds. The molecule has 0 aromatic heterocycles. The minimum absolute atomic E-state index is 0.111. The van der Waals surface area contributed by atoms with Gasteiger partial charge in [0.2, 0.25) is 0 Å². The predicted octanol–water partition coefficient (Wildman–Crippen LogP) is 4.62. The number of phenolic OH excluding ortho intramolecular Hbond substituents is 1. The van der Waals surface area contributed by atoms with Gasteiger partial charge in [-0.3, -0.25) is 0 Å². The molecule has 1 aliphatic carbocycles. The Hall–Kier alpha value is -2.17. The van der Waals surface area contributed by atoms with Crippen LogP contribution in [0.1, 0.15) is 18.9 Å². The highest BCUT2D eigenvalue weighted by Gasteiger charge is 2.17. The van der Waals surface area contributed by atoms with Gasteiger partial charge in [-0.25, -0.2) is 0 Å². The molecule has 0 spiro atoms. The van der Waals surface area contributed by atoms with Crippen molar-refractivity contribution in [2.75, 3.05) is 7.05 Å². The molecular formula is C18H19Cl2NO3. The molecule has 0 bridgehead atoms. The molecule has 1 aromatic carbocycles. The maximum absolute atomic E-state index is 10.6. The second kappa shape index (κ2) is 9.21. The summed E-state index contributed by atoms with van der Waals surface area (Å²) < 4.78 is 0. The molecule has 6 heteroatoms. The first-order chi connectivity index (χ1) is 11.4. The van der Waals surface area contributed by atoms with E-state index in [9.17, 15) is 10.2 Å².